The summed E-state index contributed by atoms with van der Waals surface area (Å²) in [6.07, 6.45) is 6.05. The molecule has 0 aliphatic heterocycles. The minimum Gasteiger partial charge on any atom is -0.391 e. The standard InChI is InChI=1S/C20H26N4O3/c25-17-13-15(12-16(17)24-20(27)18-21-10-11-22-18)19(26)23-9-5-4-8-14-6-2-1-3-7-14/h1-3,6-7,10-11,15-17,25H,4-5,8-9,12-13H2,(H,21,22)(H,23,26)(H,24,27)/t15-,16+,17+/m0/s1. The molecule has 0 radical (unpaired) electrons. The van der Waals surface area contributed by atoms with Gasteiger partial charge in [0.25, 0.3) is 5.91 Å². The maximum absolute atomic E-state index is 12.3. The van der Waals surface area contributed by atoms with Crippen molar-refractivity contribution in [3.8, 4) is 0 Å². The lowest BCUT2D eigenvalue weighted by Crippen LogP contribution is -2.40. The van der Waals surface area contributed by atoms with E-state index >= 15 is 0 Å². The van der Waals surface area contributed by atoms with E-state index in [-0.39, 0.29) is 23.6 Å². The minimum atomic E-state index is -0.724. The number of aryl methyl sites for hydroxylation is 1. The number of benzene rings is 1. The van der Waals surface area contributed by atoms with Gasteiger partial charge in [-0.15, -0.1) is 0 Å². The van der Waals surface area contributed by atoms with Gasteiger partial charge in [-0.2, -0.15) is 0 Å². The van der Waals surface area contributed by atoms with Crippen LogP contribution in [0.3, 0.4) is 0 Å². The number of hydrogen-bond acceptors (Lipinski definition) is 4. The normalized spacial score (nSPS) is 21.7. The summed E-state index contributed by atoms with van der Waals surface area (Å²) in [7, 11) is 0. The number of carbonyl (C=O) groups is 2. The van der Waals surface area contributed by atoms with Crippen molar-refractivity contribution in [2.24, 2.45) is 5.92 Å². The topological polar surface area (TPSA) is 107 Å². The number of rotatable bonds is 8. The van der Waals surface area contributed by atoms with Crippen LogP contribution in [-0.2, 0) is 11.2 Å². The zero-order valence-corrected chi connectivity index (χ0v) is 15.2. The lowest BCUT2D eigenvalue weighted by molar-refractivity contribution is -0.125. The molecule has 0 saturated heterocycles. The highest BCUT2D eigenvalue weighted by Gasteiger charge is 2.37. The van der Waals surface area contributed by atoms with Crippen molar-refractivity contribution >= 4 is 11.8 Å². The van der Waals surface area contributed by atoms with E-state index in [0.717, 1.165) is 19.3 Å². The highest BCUT2D eigenvalue weighted by molar-refractivity contribution is 5.90. The monoisotopic (exact) mass is 370 g/mol. The van der Waals surface area contributed by atoms with Crippen molar-refractivity contribution in [2.75, 3.05) is 6.54 Å². The average molecular weight is 370 g/mol. The lowest BCUT2D eigenvalue weighted by atomic mass is 10.1. The Morgan fingerprint density at radius 1 is 1.19 bits per heavy atom. The third-order valence-corrected chi connectivity index (χ3v) is 4.96. The second kappa shape index (κ2) is 9.32. The molecule has 2 aromatic rings. The van der Waals surface area contributed by atoms with Gasteiger partial charge in [0.2, 0.25) is 5.91 Å². The third-order valence-electron chi connectivity index (χ3n) is 4.96. The van der Waals surface area contributed by atoms with Crippen molar-refractivity contribution in [3.63, 3.8) is 0 Å². The quantitative estimate of drug-likeness (QED) is 0.527. The summed E-state index contributed by atoms with van der Waals surface area (Å²) in [5, 5.41) is 15.9. The first-order valence-electron chi connectivity index (χ1n) is 9.43. The van der Waals surface area contributed by atoms with Crippen molar-refractivity contribution in [1.82, 2.24) is 20.6 Å². The molecule has 1 heterocycles. The van der Waals surface area contributed by atoms with E-state index in [0.29, 0.717) is 19.4 Å². The van der Waals surface area contributed by atoms with E-state index in [1.165, 1.54) is 11.8 Å². The van der Waals surface area contributed by atoms with Gasteiger partial charge in [-0.05, 0) is 37.7 Å². The van der Waals surface area contributed by atoms with Crippen LogP contribution in [0.1, 0.15) is 41.9 Å². The molecule has 1 aliphatic carbocycles. The second-order valence-corrected chi connectivity index (χ2v) is 6.99. The number of aliphatic hydroxyl groups excluding tert-OH is 1. The predicted molar refractivity (Wildman–Crippen MR) is 101 cm³/mol. The zero-order chi connectivity index (χ0) is 19.1. The van der Waals surface area contributed by atoms with Crippen LogP contribution in [0.15, 0.2) is 42.7 Å². The molecular formula is C20H26N4O3. The lowest BCUT2D eigenvalue weighted by Gasteiger charge is -2.15. The first kappa shape index (κ1) is 19.1. The molecule has 0 spiro atoms. The molecular weight excluding hydrogens is 344 g/mol. The number of aromatic nitrogens is 2. The minimum absolute atomic E-state index is 0.0523. The summed E-state index contributed by atoms with van der Waals surface area (Å²) in [6.45, 7) is 0.627. The Kier molecular flexibility index (Phi) is 6.59. The Balaban J connectivity index is 1.36. The van der Waals surface area contributed by atoms with Gasteiger partial charge in [-0.1, -0.05) is 30.3 Å². The molecule has 4 N–H and O–H groups in total. The number of aromatic amines is 1. The molecule has 0 unspecified atom stereocenters. The van der Waals surface area contributed by atoms with E-state index in [1.54, 1.807) is 6.20 Å². The molecule has 144 valence electrons. The van der Waals surface area contributed by atoms with Gasteiger partial charge in [0.15, 0.2) is 5.82 Å². The Bertz CT molecular complexity index is 733. The average Bonchev–Trinajstić information content (AvgIpc) is 3.33. The number of imidazole rings is 1. The number of amides is 2. The van der Waals surface area contributed by atoms with Crippen LogP contribution in [0.25, 0.3) is 0 Å². The summed E-state index contributed by atoms with van der Waals surface area (Å²) >= 11 is 0. The van der Waals surface area contributed by atoms with E-state index in [2.05, 4.69) is 32.7 Å². The summed E-state index contributed by atoms with van der Waals surface area (Å²) < 4.78 is 0. The van der Waals surface area contributed by atoms with Crippen LogP contribution in [0, 0.1) is 5.92 Å². The molecule has 27 heavy (non-hydrogen) atoms. The Labute approximate surface area is 158 Å². The highest BCUT2D eigenvalue weighted by atomic mass is 16.3. The van der Waals surface area contributed by atoms with E-state index in [4.69, 9.17) is 0 Å². The van der Waals surface area contributed by atoms with E-state index < -0.39 is 12.1 Å². The molecule has 7 heteroatoms. The molecule has 1 aliphatic rings. The van der Waals surface area contributed by atoms with Crippen LogP contribution in [0.2, 0.25) is 0 Å². The van der Waals surface area contributed by atoms with Gasteiger partial charge in [-0.25, -0.2) is 4.98 Å². The molecule has 0 bridgehead atoms. The van der Waals surface area contributed by atoms with Crippen molar-refractivity contribution in [2.45, 2.75) is 44.2 Å². The first-order chi connectivity index (χ1) is 13.1. The maximum atomic E-state index is 12.3. The SMILES string of the molecule is O=C(N[C@@H]1C[C@H](C(=O)NCCCCc2ccccc2)C[C@H]1O)c1ncc[nH]1. The van der Waals surface area contributed by atoms with Gasteiger partial charge in [0, 0.05) is 24.9 Å². The molecule has 3 atom stereocenters. The Morgan fingerprint density at radius 2 is 2.00 bits per heavy atom. The molecule has 1 aromatic carbocycles. The van der Waals surface area contributed by atoms with Gasteiger partial charge in [0.05, 0.1) is 12.1 Å². The van der Waals surface area contributed by atoms with E-state index in [1.807, 2.05) is 18.2 Å². The van der Waals surface area contributed by atoms with Crippen molar-refractivity contribution < 1.29 is 14.7 Å². The Hall–Kier alpha value is -2.67. The van der Waals surface area contributed by atoms with Crippen LogP contribution >= 0.6 is 0 Å². The molecule has 1 fully saturated rings. The smallest absolute Gasteiger partial charge is 0.287 e. The summed E-state index contributed by atoms with van der Waals surface area (Å²) in [4.78, 5) is 31.0. The number of unbranched alkanes of at least 4 members (excludes halogenated alkanes) is 1. The van der Waals surface area contributed by atoms with Gasteiger partial charge in [0.1, 0.15) is 0 Å². The maximum Gasteiger partial charge on any atom is 0.287 e. The molecule has 1 aromatic heterocycles. The number of aliphatic hydroxyl groups is 1. The largest absolute Gasteiger partial charge is 0.391 e. The highest BCUT2D eigenvalue weighted by Crippen LogP contribution is 2.26. The fourth-order valence-electron chi connectivity index (χ4n) is 3.47. The first-order valence-corrected chi connectivity index (χ1v) is 9.43. The second-order valence-electron chi connectivity index (χ2n) is 6.99. The Morgan fingerprint density at radius 3 is 2.74 bits per heavy atom. The molecule has 7 nitrogen and oxygen atoms in total. The van der Waals surface area contributed by atoms with Crippen LogP contribution in [-0.4, -0.2) is 45.6 Å². The number of H-pyrrole nitrogens is 1. The molecule has 3 rings (SSSR count). The molecule has 2 amide bonds. The number of nitrogens with one attached hydrogen (secondary N) is 3. The predicted octanol–water partition coefficient (Wildman–Crippen LogP) is 1.42. The fraction of sp³-hybridized carbons (Fsp3) is 0.450. The zero-order valence-electron chi connectivity index (χ0n) is 15.2. The molecule has 1 saturated carbocycles. The summed E-state index contributed by atoms with van der Waals surface area (Å²) in [6, 6.07) is 9.85. The van der Waals surface area contributed by atoms with E-state index in [9.17, 15) is 14.7 Å². The van der Waals surface area contributed by atoms with Crippen molar-refractivity contribution in [1.29, 1.82) is 0 Å². The number of carbonyl (C=O) groups excluding carboxylic acids is 2. The number of nitrogens with zero attached hydrogens (tertiary/aromatic N) is 1. The van der Waals surface area contributed by atoms with Crippen LogP contribution in [0.4, 0.5) is 0 Å². The van der Waals surface area contributed by atoms with Gasteiger partial charge in [-0.3, -0.25) is 9.59 Å². The van der Waals surface area contributed by atoms with Gasteiger partial charge >= 0.3 is 0 Å². The fourth-order valence-corrected chi connectivity index (χ4v) is 3.47. The van der Waals surface area contributed by atoms with Crippen LogP contribution in [0.5, 0.6) is 0 Å². The summed E-state index contributed by atoms with van der Waals surface area (Å²) in [5.74, 6) is -0.501. The van der Waals surface area contributed by atoms with Crippen LogP contribution < -0.4 is 10.6 Å². The summed E-state index contributed by atoms with van der Waals surface area (Å²) in [5.41, 5.74) is 1.30. The van der Waals surface area contributed by atoms with Crippen molar-refractivity contribution in [3.05, 3.63) is 54.1 Å². The third kappa shape index (κ3) is 5.40. The number of hydrogen-bond donors (Lipinski definition) is 4. The van der Waals surface area contributed by atoms with Gasteiger partial charge < -0.3 is 20.7 Å².